The van der Waals surface area contributed by atoms with Crippen LogP contribution in [0, 0.1) is 6.92 Å². The average Bonchev–Trinajstić information content (AvgIpc) is 3.06. The molecule has 0 radical (unpaired) electrons. The van der Waals surface area contributed by atoms with Gasteiger partial charge in [0.05, 0.1) is 5.56 Å². The summed E-state index contributed by atoms with van der Waals surface area (Å²) in [5, 5.41) is 8.52. The van der Waals surface area contributed by atoms with E-state index in [4.69, 9.17) is 20.8 Å². The van der Waals surface area contributed by atoms with Gasteiger partial charge in [-0.1, -0.05) is 29.3 Å². The van der Waals surface area contributed by atoms with E-state index >= 15 is 0 Å². The molecule has 0 N–H and O–H groups in total. The van der Waals surface area contributed by atoms with Gasteiger partial charge < -0.3 is 9.15 Å². The van der Waals surface area contributed by atoms with E-state index in [0.29, 0.717) is 16.5 Å². The molecule has 0 unspecified atom stereocenters. The Labute approximate surface area is 144 Å². The lowest BCUT2D eigenvalue weighted by atomic mass is 10.1. The molecule has 1 aromatic heterocycles. The fourth-order valence-corrected chi connectivity index (χ4v) is 2.20. The van der Waals surface area contributed by atoms with Gasteiger partial charge in [0.25, 0.3) is 5.89 Å². The van der Waals surface area contributed by atoms with Crippen molar-refractivity contribution >= 4 is 17.6 Å². The molecule has 0 bridgehead atoms. The third-order valence-corrected chi connectivity index (χ3v) is 3.70. The van der Waals surface area contributed by atoms with Crippen LogP contribution in [0.5, 0.6) is 0 Å². The maximum Gasteiger partial charge on any atom is 0.338 e. The molecular weight excluding hydrogens is 328 g/mol. The first-order chi connectivity index (χ1) is 11.5. The minimum atomic E-state index is -0.653. The van der Waals surface area contributed by atoms with Gasteiger partial charge in [-0.3, -0.25) is 0 Å². The van der Waals surface area contributed by atoms with E-state index in [0.717, 1.165) is 11.1 Å². The molecule has 0 aliphatic heterocycles. The minimum Gasteiger partial charge on any atom is -0.449 e. The maximum atomic E-state index is 12.1. The van der Waals surface area contributed by atoms with Crippen molar-refractivity contribution < 1.29 is 13.9 Å². The van der Waals surface area contributed by atoms with Gasteiger partial charge in [0.1, 0.15) is 0 Å². The number of carbonyl (C=O) groups excluding carboxylic acids is 1. The van der Waals surface area contributed by atoms with Crippen LogP contribution in [0.15, 0.2) is 52.9 Å². The zero-order valence-corrected chi connectivity index (χ0v) is 13.9. The Morgan fingerprint density at radius 3 is 2.42 bits per heavy atom. The van der Waals surface area contributed by atoms with Crippen LogP contribution in [0.1, 0.15) is 34.8 Å². The van der Waals surface area contributed by atoms with E-state index in [1.165, 1.54) is 0 Å². The molecule has 1 atom stereocenters. The predicted molar refractivity (Wildman–Crippen MR) is 89.8 cm³/mol. The molecule has 3 rings (SSSR count). The van der Waals surface area contributed by atoms with Crippen LogP contribution in [-0.2, 0) is 4.74 Å². The van der Waals surface area contributed by atoms with Gasteiger partial charge in [0.2, 0.25) is 5.89 Å². The highest BCUT2D eigenvalue weighted by Crippen LogP contribution is 2.23. The summed E-state index contributed by atoms with van der Waals surface area (Å²) in [7, 11) is 0. The lowest BCUT2D eigenvalue weighted by molar-refractivity contribution is 0.0280. The first-order valence-electron chi connectivity index (χ1n) is 7.40. The highest BCUT2D eigenvalue weighted by molar-refractivity contribution is 6.30. The normalized spacial score (nSPS) is 12.0. The summed E-state index contributed by atoms with van der Waals surface area (Å²) >= 11 is 5.80. The van der Waals surface area contributed by atoms with Gasteiger partial charge in [-0.25, -0.2) is 4.79 Å². The van der Waals surface area contributed by atoms with Crippen molar-refractivity contribution in [1.29, 1.82) is 0 Å². The smallest absolute Gasteiger partial charge is 0.338 e. The molecule has 0 spiro atoms. The Bertz CT molecular complexity index is 841. The fraction of sp³-hybridized carbons (Fsp3) is 0.167. The van der Waals surface area contributed by atoms with Crippen molar-refractivity contribution in [2.45, 2.75) is 20.0 Å². The van der Waals surface area contributed by atoms with Crippen LogP contribution in [0.3, 0.4) is 0 Å². The zero-order chi connectivity index (χ0) is 17.1. The van der Waals surface area contributed by atoms with Gasteiger partial charge in [0.15, 0.2) is 6.10 Å². The predicted octanol–water partition coefficient (Wildman–Crippen LogP) is 4.62. The molecule has 0 aliphatic rings. The quantitative estimate of drug-likeness (QED) is 0.647. The molecule has 1 heterocycles. The van der Waals surface area contributed by atoms with E-state index in [-0.39, 0.29) is 5.89 Å². The fourth-order valence-electron chi connectivity index (χ4n) is 2.08. The minimum absolute atomic E-state index is 0.243. The number of esters is 1. The van der Waals surface area contributed by atoms with Crippen LogP contribution in [0.4, 0.5) is 0 Å². The second kappa shape index (κ2) is 6.84. The third kappa shape index (κ3) is 3.63. The Morgan fingerprint density at radius 2 is 1.75 bits per heavy atom. The molecule has 3 aromatic rings. The largest absolute Gasteiger partial charge is 0.449 e. The van der Waals surface area contributed by atoms with Gasteiger partial charge in [0, 0.05) is 10.6 Å². The highest BCUT2D eigenvalue weighted by Gasteiger charge is 2.19. The van der Waals surface area contributed by atoms with Crippen molar-refractivity contribution in [2.24, 2.45) is 0 Å². The van der Waals surface area contributed by atoms with Gasteiger partial charge in [-0.15, -0.1) is 10.2 Å². The number of hydrogen-bond acceptors (Lipinski definition) is 5. The number of benzene rings is 2. The maximum absolute atomic E-state index is 12.1. The van der Waals surface area contributed by atoms with E-state index in [1.54, 1.807) is 31.2 Å². The molecule has 24 heavy (non-hydrogen) atoms. The Morgan fingerprint density at radius 1 is 1.08 bits per heavy atom. The number of carbonyl (C=O) groups is 1. The second-order valence-electron chi connectivity index (χ2n) is 5.37. The van der Waals surface area contributed by atoms with Crippen LogP contribution < -0.4 is 0 Å². The second-order valence-corrected chi connectivity index (χ2v) is 5.80. The van der Waals surface area contributed by atoms with Crippen molar-refractivity contribution in [3.8, 4) is 11.5 Å². The van der Waals surface area contributed by atoms with E-state index in [1.807, 2.05) is 31.2 Å². The Balaban J connectivity index is 1.71. The van der Waals surface area contributed by atoms with Crippen molar-refractivity contribution in [2.75, 3.05) is 0 Å². The van der Waals surface area contributed by atoms with Crippen LogP contribution in [-0.4, -0.2) is 16.2 Å². The highest BCUT2D eigenvalue weighted by atomic mass is 35.5. The Kier molecular flexibility index (Phi) is 4.62. The number of aryl methyl sites for hydroxylation is 1. The number of nitrogens with zero attached hydrogens (tertiary/aromatic N) is 2. The number of aromatic nitrogens is 2. The van der Waals surface area contributed by atoms with Gasteiger partial charge >= 0.3 is 5.97 Å². The Hall–Kier alpha value is -2.66. The number of hydrogen-bond donors (Lipinski definition) is 0. The molecule has 0 saturated heterocycles. The lowest BCUT2D eigenvalue weighted by Crippen LogP contribution is -2.09. The van der Waals surface area contributed by atoms with E-state index in [9.17, 15) is 4.79 Å². The van der Waals surface area contributed by atoms with E-state index < -0.39 is 12.1 Å². The van der Waals surface area contributed by atoms with Gasteiger partial charge in [-0.2, -0.15) is 0 Å². The van der Waals surface area contributed by atoms with Crippen molar-refractivity contribution in [3.63, 3.8) is 0 Å². The summed E-state index contributed by atoms with van der Waals surface area (Å²) in [5.41, 5.74) is 2.36. The summed E-state index contributed by atoms with van der Waals surface area (Å²) in [4.78, 5) is 12.1. The zero-order valence-electron chi connectivity index (χ0n) is 13.2. The average molecular weight is 343 g/mol. The monoisotopic (exact) mass is 342 g/mol. The molecule has 2 aromatic carbocycles. The van der Waals surface area contributed by atoms with Crippen LogP contribution in [0.2, 0.25) is 5.02 Å². The molecule has 0 amide bonds. The number of rotatable bonds is 4. The summed E-state index contributed by atoms with van der Waals surface area (Å²) in [6.07, 6.45) is -0.653. The molecule has 6 heteroatoms. The third-order valence-electron chi connectivity index (χ3n) is 3.45. The van der Waals surface area contributed by atoms with Crippen LogP contribution >= 0.6 is 11.6 Å². The SMILES string of the molecule is Cc1ccc(-c2nnc([C@H](C)OC(=O)c3ccc(Cl)cc3)o2)cc1. The number of halogens is 1. The summed E-state index contributed by atoms with van der Waals surface area (Å²) in [5.74, 6) is 0.154. The number of ether oxygens (including phenoxy) is 1. The topological polar surface area (TPSA) is 65.2 Å². The standard InChI is InChI=1S/C18H15ClN2O3/c1-11-3-5-13(6-4-11)17-21-20-16(24-17)12(2)23-18(22)14-7-9-15(19)10-8-14/h3-10,12H,1-2H3/t12-/m0/s1. The molecule has 0 saturated carbocycles. The molecule has 0 fully saturated rings. The van der Waals surface area contributed by atoms with Gasteiger partial charge in [-0.05, 0) is 50.2 Å². The first-order valence-corrected chi connectivity index (χ1v) is 7.78. The van der Waals surface area contributed by atoms with Crippen LogP contribution in [0.25, 0.3) is 11.5 Å². The van der Waals surface area contributed by atoms with E-state index in [2.05, 4.69) is 10.2 Å². The molecular formula is C18H15ClN2O3. The summed E-state index contributed by atoms with van der Waals surface area (Å²) < 4.78 is 11.0. The lowest BCUT2D eigenvalue weighted by Gasteiger charge is -2.09. The molecule has 5 nitrogen and oxygen atoms in total. The molecule has 122 valence electrons. The summed E-state index contributed by atoms with van der Waals surface area (Å²) in [6, 6.07) is 14.2. The van der Waals surface area contributed by atoms with Crippen molar-refractivity contribution in [3.05, 3.63) is 70.6 Å². The summed E-state index contributed by atoms with van der Waals surface area (Å²) in [6.45, 7) is 3.68. The first kappa shape index (κ1) is 16.2. The van der Waals surface area contributed by atoms with Crippen molar-refractivity contribution in [1.82, 2.24) is 10.2 Å². The molecule has 0 aliphatic carbocycles.